The maximum Gasteiger partial charge on any atom is 0.309 e. The third-order valence-electron chi connectivity index (χ3n) is 9.32. The van der Waals surface area contributed by atoms with Crippen LogP contribution in [-0.4, -0.2) is 32.3 Å². The summed E-state index contributed by atoms with van der Waals surface area (Å²) in [6, 6.07) is 0. The van der Waals surface area contributed by atoms with Gasteiger partial charge in [0.15, 0.2) is 8.32 Å². The van der Waals surface area contributed by atoms with E-state index < -0.39 is 19.8 Å². The van der Waals surface area contributed by atoms with Crippen LogP contribution in [0.4, 0.5) is 0 Å². The smallest absolute Gasteiger partial charge is 0.309 e. The van der Waals surface area contributed by atoms with E-state index in [4.69, 9.17) is 9.16 Å². The maximum absolute atomic E-state index is 14.0. The Labute approximate surface area is 243 Å². The minimum Gasteiger partial charge on any atom is -0.457 e. The molecule has 0 spiro atoms. The summed E-state index contributed by atoms with van der Waals surface area (Å²) in [6.45, 7) is 25.7. The summed E-state index contributed by atoms with van der Waals surface area (Å²) in [6.07, 6.45) is 6.48. The first-order valence-corrected chi connectivity index (χ1v) is 18.4. The van der Waals surface area contributed by atoms with Crippen molar-refractivity contribution in [2.45, 2.75) is 138 Å². The van der Waals surface area contributed by atoms with Crippen molar-refractivity contribution in [2.75, 3.05) is 0 Å². The molecule has 0 aliphatic carbocycles. The first-order valence-electron chi connectivity index (χ1n) is 14.2. The third kappa shape index (κ3) is 9.59. The molecule has 0 aromatic carbocycles. The molecule has 0 aromatic heterocycles. The number of rotatable bonds is 4. The fraction of sp³-hybridized carbons (Fsp3) is 0.806. The highest BCUT2D eigenvalue weighted by Crippen LogP contribution is 2.42. The number of ketones is 1. The molecule has 4 nitrogen and oxygen atoms in total. The SMILES string of the molecule is CC/C1=C/C[C@@H](/C(C)=C/I)OC(=O)C[C@H](O[Si](C)(C)C(C)(C)C)C(C)(C)C(=O)[C@H](C)[C@@H](C)[C@@H](C)CCC1. The highest BCUT2D eigenvalue weighted by Gasteiger charge is 2.48. The number of Topliss-reactive ketones (excluding diaryl/α,β-unsaturated/α-hetero) is 1. The number of esters is 1. The van der Waals surface area contributed by atoms with Crippen molar-refractivity contribution in [1.29, 1.82) is 0 Å². The van der Waals surface area contributed by atoms with Crippen LogP contribution in [0, 0.1) is 23.2 Å². The second kappa shape index (κ2) is 14.2. The molecule has 37 heavy (non-hydrogen) atoms. The van der Waals surface area contributed by atoms with Gasteiger partial charge in [-0.1, -0.05) is 103 Å². The first kappa shape index (κ1) is 34.6. The minimum absolute atomic E-state index is 0.0386. The van der Waals surface area contributed by atoms with E-state index in [1.165, 1.54) is 5.57 Å². The molecule has 1 rings (SSSR count). The largest absolute Gasteiger partial charge is 0.457 e. The lowest BCUT2D eigenvalue weighted by atomic mass is 9.70. The number of hydrogen-bond acceptors (Lipinski definition) is 4. The average molecular weight is 647 g/mol. The van der Waals surface area contributed by atoms with Gasteiger partial charge >= 0.3 is 5.97 Å². The summed E-state index contributed by atoms with van der Waals surface area (Å²) in [7, 11) is -2.26. The van der Waals surface area contributed by atoms with Gasteiger partial charge in [-0.25, -0.2) is 0 Å². The fourth-order valence-electron chi connectivity index (χ4n) is 4.82. The lowest BCUT2D eigenvalue weighted by Crippen LogP contribution is -2.52. The average Bonchev–Trinajstić information content (AvgIpc) is 2.81. The Bertz CT molecular complexity index is 837. The predicted molar refractivity (Wildman–Crippen MR) is 167 cm³/mol. The summed E-state index contributed by atoms with van der Waals surface area (Å²) in [5, 5.41) is -0.0386. The van der Waals surface area contributed by atoms with Crippen LogP contribution in [0.15, 0.2) is 21.3 Å². The number of carbonyl (C=O) groups is 2. The van der Waals surface area contributed by atoms with Crippen molar-refractivity contribution in [3.8, 4) is 0 Å². The Hall–Kier alpha value is -0.473. The van der Waals surface area contributed by atoms with Crippen LogP contribution in [0.2, 0.25) is 18.1 Å². The summed E-state index contributed by atoms with van der Waals surface area (Å²) in [5.74, 6) is 0.485. The molecule has 1 aliphatic rings. The molecule has 1 aliphatic heterocycles. The van der Waals surface area contributed by atoms with Crippen molar-refractivity contribution in [3.05, 3.63) is 21.3 Å². The van der Waals surface area contributed by atoms with E-state index in [-0.39, 0.29) is 41.2 Å². The Kier molecular flexibility index (Phi) is 13.3. The molecule has 0 fully saturated rings. The van der Waals surface area contributed by atoms with Gasteiger partial charge in [-0.2, -0.15) is 0 Å². The molecule has 0 bridgehead atoms. The van der Waals surface area contributed by atoms with E-state index in [0.29, 0.717) is 12.3 Å². The number of carbonyl (C=O) groups excluding carboxylic acids is 2. The van der Waals surface area contributed by atoms with Crippen molar-refractivity contribution in [3.63, 3.8) is 0 Å². The lowest BCUT2D eigenvalue weighted by Gasteiger charge is -2.44. The summed E-state index contributed by atoms with van der Waals surface area (Å²) >= 11 is 2.22. The topological polar surface area (TPSA) is 52.6 Å². The molecular formula is C31H55IO4Si. The Morgan fingerprint density at radius 2 is 1.81 bits per heavy atom. The monoisotopic (exact) mass is 646 g/mol. The molecule has 5 atom stereocenters. The predicted octanol–water partition coefficient (Wildman–Crippen LogP) is 9.43. The minimum atomic E-state index is -2.26. The van der Waals surface area contributed by atoms with Gasteiger partial charge in [-0.15, -0.1) is 0 Å². The van der Waals surface area contributed by atoms with Gasteiger partial charge in [0.25, 0.3) is 0 Å². The molecule has 0 radical (unpaired) electrons. The molecule has 0 N–H and O–H groups in total. The second-order valence-electron chi connectivity index (χ2n) is 13.5. The Morgan fingerprint density at radius 1 is 1.22 bits per heavy atom. The second-order valence-corrected chi connectivity index (χ2v) is 18.8. The van der Waals surface area contributed by atoms with Crippen LogP contribution < -0.4 is 0 Å². The molecule has 1 heterocycles. The molecule has 0 amide bonds. The number of halogens is 1. The van der Waals surface area contributed by atoms with Gasteiger partial charge in [0.2, 0.25) is 0 Å². The number of ether oxygens (including phenoxy) is 1. The van der Waals surface area contributed by atoms with E-state index in [2.05, 4.69) is 90.2 Å². The van der Waals surface area contributed by atoms with E-state index >= 15 is 0 Å². The van der Waals surface area contributed by atoms with Gasteiger partial charge in [-0.05, 0) is 65.8 Å². The van der Waals surface area contributed by atoms with Crippen LogP contribution >= 0.6 is 22.6 Å². The van der Waals surface area contributed by atoms with Crippen LogP contribution in [0.3, 0.4) is 0 Å². The Balaban J connectivity index is 3.54. The van der Waals surface area contributed by atoms with Gasteiger partial charge in [0, 0.05) is 17.8 Å². The molecule has 0 aromatic rings. The molecule has 214 valence electrons. The van der Waals surface area contributed by atoms with Crippen molar-refractivity contribution in [1.82, 2.24) is 0 Å². The summed E-state index contributed by atoms with van der Waals surface area (Å²) < 4.78 is 14.9. The van der Waals surface area contributed by atoms with Crippen LogP contribution in [0.25, 0.3) is 0 Å². The normalized spacial score (nSPS) is 31.4. The van der Waals surface area contributed by atoms with E-state index in [0.717, 1.165) is 31.3 Å². The van der Waals surface area contributed by atoms with E-state index in [1.54, 1.807) is 0 Å². The van der Waals surface area contributed by atoms with Gasteiger partial charge < -0.3 is 9.16 Å². The highest BCUT2D eigenvalue weighted by molar-refractivity contribution is 14.1. The zero-order valence-electron chi connectivity index (χ0n) is 25.8. The zero-order chi connectivity index (χ0) is 28.8. The fourth-order valence-corrected chi connectivity index (χ4v) is 6.66. The standard InChI is InChI=1S/C31H55IO4Si/c1-13-25-16-14-15-21(2)23(4)24(5)29(34)31(9,10)27(36-37(11,12)30(6,7)8)19-28(33)35-26(18-17-25)22(3)20-32/h17,20-21,23-24,26-27H,13-16,18-19H2,1-12H3/b22-20+,25-17-/t21-,23-,24+,26-,27-/m0/s1. The van der Waals surface area contributed by atoms with Gasteiger partial charge in [0.1, 0.15) is 11.9 Å². The van der Waals surface area contributed by atoms with Crippen LogP contribution in [-0.2, 0) is 18.8 Å². The summed E-state index contributed by atoms with van der Waals surface area (Å²) in [4.78, 5) is 27.5. The van der Waals surface area contributed by atoms with Crippen LogP contribution in [0.5, 0.6) is 0 Å². The highest BCUT2D eigenvalue weighted by atomic mass is 127. The third-order valence-corrected chi connectivity index (χ3v) is 14.8. The van der Waals surface area contributed by atoms with Crippen molar-refractivity contribution >= 4 is 42.7 Å². The number of cyclic esters (lactones) is 1. The van der Waals surface area contributed by atoms with Crippen molar-refractivity contribution in [2.24, 2.45) is 23.2 Å². The van der Waals surface area contributed by atoms with Crippen LogP contribution in [0.1, 0.15) is 108 Å². The molecule has 0 unspecified atom stereocenters. The molecule has 0 saturated heterocycles. The molecule has 6 heteroatoms. The first-order chi connectivity index (χ1) is 16.9. The van der Waals surface area contributed by atoms with E-state index in [9.17, 15) is 9.59 Å². The molecule has 0 saturated carbocycles. The number of allylic oxidation sites excluding steroid dienone is 1. The number of hydrogen-bond donors (Lipinski definition) is 0. The zero-order valence-corrected chi connectivity index (χ0v) is 29.0. The lowest BCUT2D eigenvalue weighted by molar-refractivity contribution is -0.153. The van der Waals surface area contributed by atoms with Crippen molar-refractivity contribution < 1.29 is 18.8 Å². The Morgan fingerprint density at radius 3 is 2.32 bits per heavy atom. The molecular weight excluding hydrogens is 591 g/mol. The summed E-state index contributed by atoms with van der Waals surface area (Å²) in [5.41, 5.74) is 1.64. The van der Waals surface area contributed by atoms with Gasteiger partial charge in [0.05, 0.1) is 12.5 Å². The quantitative estimate of drug-likeness (QED) is 0.132. The maximum atomic E-state index is 14.0. The van der Waals surface area contributed by atoms with Gasteiger partial charge in [-0.3, -0.25) is 9.59 Å². The van der Waals surface area contributed by atoms with E-state index in [1.807, 2.05) is 24.9 Å².